The molecule has 0 unspecified atom stereocenters. The Bertz CT molecular complexity index is 813. The minimum Gasteiger partial charge on any atom is -0.396 e. The second-order valence-corrected chi connectivity index (χ2v) is 4.61. The van der Waals surface area contributed by atoms with Gasteiger partial charge < -0.3 is 5.73 Å². The number of aryl methyl sites for hydroxylation is 1. The second kappa shape index (κ2) is 4.93. The van der Waals surface area contributed by atoms with E-state index in [4.69, 9.17) is 5.73 Å². The van der Waals surface area contributed by atoms with Crippen LogP contribution in [-0.2, 0) is 0 Å². The number of benzene rings is 2. The van der Waals surface area contributed by atoms with Crippen LogP contribution >= 0.6 is 0 Å². The zero-order chi connectivity index (χ0) is 15.0. The molecule has 1 heterocycles. The third-order valence-electron chi connectivity index (χ3n) is 3.06. The lowest BCUT2D eigenvalue weighted by Crippen LogP contribution is -2.03. The predicted molar refractivity (Wildman–Crippen MR) is 73.7 cm³/mol. The van der Waals surface area contributed by atoms with E-state index < -0.39 is 11.6 Å². The first-order valence-electron chi connectivity index (χ1n) is 6.16. The number of tetrazole rings is 1. The van der Waals surface area contributed by atoms with E-state index in [1.807, 2.05) is 6.92 Å². The molecule has 2 aromatic carbocycles. The predicted octanol–water partition coefficient (Wildman–Crippen LogP) is 2.50. The average Bonchev–Trinajstić information content (AvgIpc) is 2.93. The molecule has 0 aliphatic rings. The molecule has 3 rings (SSSR count). The lowest BCUT2D eigenvalue weighted by molar-refractivity contribution is 0.607. The summed E-state index contributed by atoms with van der Waals surface area (Å²) >= 11 is 0. The third kappa shape index (κ3) is 2.33. The van der Waals surface area contributed by atoms with Crippen LogP contribution in [0.2, 0.25) is 0 Å². The highest BCUT2D eigenvalue weighted by Gasteiger charge is 2.15. The zero-order valence-corrected chi connectivity index (χ0v) is 11.1. The Hall–Kier alpha value is -2.83. The molecule has 0 saturated heterocycles. The molecule has 0 amide bonds. The lowest BCUT2D eigenvalue weighted by atomic mass is 10.1. The summed E-state index contributed by atoms with van der Waals surface area (Å²) in [5.41, 5.74) is 6.94. The van der Waals surface area contributed by atoms with E-state index in [2.05, 4.69) is 15.5 Å². The van der Waals surface area contributed by atoms with Gasteiger partial charge in [0.2, 0.25) is 0 Å². The molecule has 0 aliphatic heterocycles. The number of aromatic nitrogens is 4. The molecule has 2 N–H and O–H groups in total. The molecular weight excluding hydrogens is 276 g/mol. The lowest BCUT2D eigenvalue weighted by Gasteiger charge is -2.07. The largest absolute Gasteiger partial charge is 0.396 e. The summed E-state index contributed by atoms with van der Waals surface area (Å²) < 4.78 is 28.8. The minimum absolute atomic E-state index is 0.0273. The Balaban J connectivity index is 2.17. The van der Waals surface area contributed by atoms with E-state index in [-0.39, 0.29) is 17.2 Å². The molecule has 0 fully saturated rings. The summed E-state index contributed by atoms with van der Waals surface area (Å²) in [5, 5.41) is 11.2. The molecular formula is C14H11F2N5. The molecule has 0 spiro atoms. The number of hydrogen-bond acceptors (Lipinski definition) is 4. The molecule has 0 saturated carbocycles. The Labute approximate surface area is 119 Å². The molecule has 0 aliphatic carbocycles. The quantitative estimate of drug-likeness (QED) is 0.735. The van der Waals surface area contributed by atoms with Crippen molar-refractivity contribution in [3.8, 4) is 17.1 Å². The Kier molecular flexibility index (Phi) is 3.09. The van der Waals surface area contributed by atoms with Crippen molar-refractivity contribution < 1.29 is 8.78 Å². The van der Waals surface area contributed by atoms with Gasteiger partial charge in [-0.25, -0.2) is 8.78 Å². The van der Waals surface area contributed by atoms with Crippen molar-refractivity contribution in [2.45, 2.75) is 6.92 Å². The van der Waals surface area contributed by atoms with Crippen LogP contribution < -0.4 is 5.73 Å². The second-order valence-electron chi connectivity index (χ2n) is 4.61. The van der Waals surface area contributed by atoms with Gasteiger partial charge in [0, 0.05) is 5.56 Å². The first-order chi connectivity index (χ1) is 10.1. The number of nitrogen functional groups attached to an aromatic ring is 1. The number of anilines is 1. The average molecular weight is 287 g/mol. The monoisotopic (exact) mass is 287 g/mol. The minimum atomic E-state index is -0.577. The van der Waals surface area contributed by atoms with Crippen molar-refractivity contribution in [1.29, 1.82) is 0 Å². The van der Waals surface area contributed by atoms with Crippen LogP contribution in [0, 0.1) is 18.6 Å². The van der Waals surface area contributed by atoms with E-state index in [0.29, 0.717) is 5.56 Å². The summed E-state index contributed by atoms with van der Waals surface area (Å²) in [7, 11) is 0. The Morgan fingerprint density at radius 3 is 2.62 bits per heavy atom. The van der Waals surface area contributed by atoms with Crippen LogP contribution in [-0.4, -0.2) is 20.2 Å². The topological polar surface area (TPSA) is 69.6 Å². The summed E-state index contributed by atoms with van der Waals surface area (Å²) in [6.07, 6.45) is 0. The molecule has 5 nitrogen and oxygen atoms in total. The number of nitrogens with zero attached hydrogens (tertiary/aromatic N) is 4. The van der Waals surface area contributed by atoms with E-state index in [0.717, 1.165) is 5.56 Å². The SMILES string of the molecule is Cc1ccc(F)c(-n2nnnc2-c2ccc(N)c(F)c2)c1. The standard InChI is InChI=1S/C14H11F2N5/c1-8-2-4-10(15)13(6-8)21-14(18-19-20-21)9-3-5-12(17)11(16)7-9/h2-7H,17H2,1H3. The van der Waals surface area contributed by atoms with Crippen molar-refractivity contribution in [2.75, 3.05) is 5.73 Å². The fraction of sp³-hybridized carbons (Fsp3) is 0.0714. The van der Waals surface area contributed by atoms with Crippen LogP contribution in [0.3, 0.4) is 0 Å². The first kappa shape index (κ1) is 13.2. The summed E-state index contributed by atoms with van der Waals surface area (Å²) in [6.45, 7) is 1.83. The third-order valence-corrected chi connectivity index (χ3v) is 3.06. The van der Waals surface area contributed by atoms with Gasteiger partial charge in [-0.05, 0) is 53.2 Å². The summed E-state index contributed by atoms with van der Waals surface area (Å²) in [6, 6.07) is 8.80. The Morgan fingerprint density at radius 2 is 1.86 bits per heavy atom. The molecule has 0 radical (unpaired) electrons. The van der Waals surface area contributed by atoms with Crippen molar-refractivity contribution in [2.24, 2.45) is 0 Å². The van der Waals surface area contributed by atoms with E-state index in [1.165, 1.54) is 22.9 Å². The maximum Gasteiger partial charge on any atom is 0.187 e. The van der Waals surface area contributed by atoms with Crippen molar-refractivity contribution in [1.82, 2.24) is 20.2 Å². The van der Waals surface area contributed by atoms with Gasteiger partial charge in [-0.2, -0.15) is 4.68 Å². The van der Waals surface area contributed by atoms with E-state index in [1.54, 1.807) is 18.2 Å². The van der Waals surface area contributed by atoms with Crippen LogP contribution in [0.15, 0.2) is 36.4 Å². The maximum absolute atomic E-state index is 14.0. The highest BCUT2D eigenvalue weighted by Crippen LogP contribution is 2.24. The first-order valence-corrected chi connectivity index (χ1v) is 6.16. The molecule has 21 heavy (non-hydrogen) atoms. The van der Waals surface area contributed by atoms with Crippen molar-refractivity contribution in [3.63, 3.8) is 0 Å². The number of halogens is 2. The molecule has 106 valence electrons. The van der Waals surface area contributed by atoms with E-state index >= 15 is 0 Å². The van der Waals surface area contributed by atoms with E-state index in [9.17, 15) is 8.78 Å². The highest BCUT2D eigenvalue weighted by molar-refractivity contribution is 5.61. The fourth-order valence-corrected chi connectivity index (χ4v) is 1.98. The normalized spacial score (nSPS) is 10.8. The summed E-state index contributed by atoms with van der Waals surface area (Å²) in [5.74, 6) is -0.810. The van der Waals surface area contributed by atoms with Gasteiger partial charge in [-0.15, -0.1) is 5.10 Å². The molecule has 1 aromatic heterocycles. The van der Waals surface area contributed by atoms with Crippen molar-refractivity contribution >= 4 is 5.69 Å². The number of nitrogens with two attached hydrogens (primary N) is 1. The Morgan fingerprint density at radius 1 is 1.05 bits per heavy atom. The van der Waals surface area contributed by atoms with Crippen LogP contribution in [0.1, 0.15) is 5.56 Å². The van der Waals surface area contributed by atoms with Gasteiger partial charge in [0.15, 0.2) is 5.82 Å². The maximum atomic E-state index is 14.0. The van der Waals surface area contributed by atoms with Gasteiger partial charge in [0.05, 0.1) is 5.69 Å². The van der Waals surface area contributed by atoms with Crippen molar-refractivity contribution in [3.05, 3.63) is 53.6 Å². The van der Waals surface area contributed by atoms with Gasteiger partial charge in [-0.1, -0.05) is 6.07 Å². The number of rotatable bonds is 2. The van der Waals surface area contributed by atoms with Crippen LogP contribution in [0.5, 0.6) is 0 Å². The zero-order valence-electron chi connectivity index (χ0n) is 11.1. The van der Waals surface area contributed by atoms with Gasteiger partial charge >= 0.3 is 0 Å². The smallest absolute Gasteiger partial charge is 0.187 e. The summed E-state index contributed by atoms with van der Waals surface area (Å²) in [4.78, 5) is 0. The fourth-order valence-electron chi connectivity index (χ4n) is 1.98. The van der Waals surface area contributed by atoms with Gasteiger partial charge in [0.25, 0.3) is 0 Å². The molecule has 3 aromatic rings. The molecule has 0 atom stereocenters. The van der Waals surface area contributed by atoms with Crippen LogP contribution in [0.25, 0.3) is 17.1 Å². The van der Waals surface area contributed by atoms with Crippen LogP contribution in [0.4, 0.5) is 14.5 Å². The highest BCUT2D eigenvalue weighted by atomic mass is 19.1. The molecule has 0 bridgehead atoms. The number of hydrogen-bond donors (Lipinski definition) is 1. The van der Waals surface area contributed by atoms with Gasteiger partial charge in [-0.3, -0.25) is 0 Å². The van der Waals surface area contributed by atoms with Gasteiger partial charge in [0.1, 0.15) is 17.3 Å². The molecule has 7 heteroatoms.